The molecule has 1 rings (SSSR count). The van der Waals surface area contributed by atoms with Crippen molar-refractivity contribution in [3.63, 3.8) is 0 Å². The van der Waals surface area contributed by atoms with Crippen LogP contribution in [0.5, 0.6) is 0 Å². The van der Waals surface area contributed by atoms with E-state index in [1.165, 1.54) is 0 Å². The van der Waals surface area contributed by atoms with Gasteiger partial charge in [0.15, 0.2) is 13.1 Å². The lowest BCUT2D eigenvalue weighted by Gasteiger charge is -2.18. The second-order valence-electron chi connectivity index (χ2n) is 5.88. The van der Waals surface area contributed by atoms with E-state index in [9.17, 15) is 9.59 Å². The summed E-state index contributed by atoms with van der Waals surface area (Å²) in [6, 6.07) is 7.39. The van der Waals surface area contributed by atoms with E-state index in [1.807, 2.05) is 46.0 Å². The summed E-state index contributed by atoms with van der Waals surface area (Å²) < 4.78 is 0. The molecule has 122 valence electrons. The largest absolute Gasteiger partial charge is 0.349 e. The maximum absolute atomic E-state index is 12.0. The Bertz CT molecular complexity index is 520. The summed E-state index contributed by atoms with van der Waals surface area (Å²) in [5, 5.41) is 6.38. The third-order valence-electron chi connectivity index (χ3n) is 3.10. The molecule has 0 spiro atoms. The van der Waals surface area contributed by atoms with Gasteiger partial charge in [-0.3, -0.25) is 9.59 Å². The lowest BCUT2D eigenvalue weighted by atomic mass is 10.1. The third kappa shape index (κ3) is 6.91. The van der Waals surface area contributed by atoms with Gasteiger partial charge in [0.05, 0.1) is 13.1 Å². The molecular weight excluding hydrogens is 302 g/mol. The summed E-state index contributed by atoms with van der Waals surface area (Å²) >= 11 is 5.95. The van der Waals surface area contributed by atoms with Crippen LogP contribution < -0.4 is 15.5 Å². The lowest BCUT2D eigenvalue weighted by molar-refractivity contribution is -0.862. The van der Waals surface area contributed by atoms with Crippen molar-refractivity contribution >= 4 is 23.4 Å². The number of carbonyl (C=O) groups excluding carboxylic acids is 2. The van der Waals surface area contributed by atoms with Crippen molar-refractivity contribution < 1.29 is 14.5 Å². The fourth-order valence-corrected chi connectivity index (χ4v) is 2.33. The van der Waals surface area contributed by atoms with Crippen molar-refractivity contribution in [1.29, 1.82) is 0 Å². The summed E-state index contributed by atoms with van der Waals surface area (Å²) in [4.78, 5) is 24.5. The molecule has 22 heavy (non-hydrogen) atoms. The lowest BCUT2D eigenvalue weighted by Crippen LogP contribution is -3.11. The van der Waals surface area contributed by atoms with E-state index >= 15 is 0 Å². The second-order valence-corrected chi connectivity index (χ2v) is 6.31. The third-order valence-corrected chi connectivity index (χ3v) is 3.34. The molecule has 0 aliphatic carbocycles. The van der Waals surface area contributed by atoms with Gasteiger partial charge < -0.3 is 15.5 Å². The predicted octanol–water partition coefficient (Wildman–Crippen LogP) is 0.557. The first-order chi connectivity index (χ1) is 10.3. The standard InChI is InChI=1S/C16H24ClN3O2/c1-11(2)18-15(21)9-20(4)10-16(22)19-12(3)13-6-5-7-14(17)8-13/h5-8,11-12H,9-10H2,1-4H3,(H,18,21)(H,19,22)/p+1/t12-/m0/s1. The van der Waals surface area contributed by atoms with E-state index in [1.54, 1.807) is 6.07 Å². The Labute approximate surface area is 137 Å². The zero-order valence-corrected chi connectivity index (χ0v) is 14.3. The SMILES string of the molecule is CC(C)NC(=O)C[NH+](C)CC(=O)N[C@@H](C)c1cccc(Cl)c1. The van der Waals surface area contributed by atoms with Gasteiger partial charge >= 0.3 is 0 Å². The topological polar surface area (TPSA) is 62.6 Å². The van der Waals surface area contributed by atoms with Crippen LogP contribution in [0.25, 0.3) is 0 Å². The number of nitrogens with one attached hydrogen (secondary N) is 3. The van der Waals surface area contributed by atoms with Gasteiger partial charge in [0.2, 0.25) is 0 Å². The summed E-state index contributed by atoms with van der Waals surface area (Å²) in [6.07, 6.45) is 0. The van der Waals surface area contributed by atoms with Crippen LogP contribution >= 0.6 is 11.6 Å². The first kappa shape index (κ1) is 18.5. The van der Waals surface area contributed by atoms with Crippen LogP contribution in [0.15, 0.2) is 24.3 Å². The highest BCUT2D eigenvalue weighted by molar-refractivity contribution is 6.30. The molecule has 0 aromatic heterocycles. The summed E-state index contributed by atoms with van der Waals surface area (Å²) in [7, 11) is 1.82. The molecule has 2 amide bonds. The molecule has 5 nitrogen and oxygen atoms in total. The van der Waals surface area contributed by atoms with Gasteiger partial charge in [-0.05, 0) is 38.5 Å². The van der Waals surface area contributed by atoms with E-state index in [0.29, 0.717) is 5.02 Å². The molecule has 0 saturated carbocycles. The molecule has 0 saturated heterocycles. The number of carbonyl (C=O) groups is 2. The minimum atomic E-state index is -0.122. The van der Waals surface area contributed by atoms with E-state index in [2.05, 4.69) is 10.6 Å². The number of halogens is 1. The molecule has 0 fully saturated rings. The number of benzene rings is 1. The fraction of sp³-hybridized carbons (Fsp3) is 0.500. The van der Waals surface area contributed by atoms with Gasteiger partial charge in [0, 0.05) is 11.1 Å². The van der Waals surface area contributed by atoms with Crippen LogP contribution in [-0.4, -0.2) is 38.0 Å². The molecule has 0 bridgehead atoms. The quantitative estimate of drug-likeness (QED) is 0.685. The van der Waals surface area contributed by atoms with Gasteiger partial charge in [-0.2, -0.15) is 0 Å². The fourth-order valence-electron chi connectivity index (χ4n) is 2.14. The van der Waals surface area contributed by atoms with Crippen LogP contribution in [0.4, 0.5) is 0 Å². The Kier molecular flexibility index (Phi) is 7.35. The summed E-state index contributed by atoms with van der Waals surface area (Å²) in [5.41, 5.74) is 0.955. The van der Waals surface area contributed by atoms with Crippen molar-refractivity contribution in [2.24, 2.45) is 0 Å². The predicted molar refractivity (Wildman–Crippen MR) is 87.9 cm³/mol. The van der Waals surface area contributed by atoms with Crippen LogP contribution in [-0.2, 0) is 9.59 Å². The molecule has 0 radical (unpaired) electrons. The molecule has 2 atom stereocenters. The number of hydrogen-bond acceptors (Lipinski definition) is 2. The highest BCUT2D eigenvalue weighted by atomic mass is 35.5. The Morgan fingerprint density at radius 2 is 1.73 bits per heavy atom. The zero-order chi connectivity index (χ0) is 16.7. The Hall–Kier alpha value is -1.59. The van der Waals surface area contributed by atoms with Gasteiger partial charge in [-0.25, -0.2) is 0 Å². The maximum Gasteiger partial charge on any atom is 0.275 e. The molecule has 0 heterocycles. The molecule has 0 aliphatic rings. The highest BCUT2D eigenvalue weighted by Gasteiger charge is 2.16. The van der Waals surface area contributed by atoms with Crippen LogP contribution in [0.2, 0.25) is 5.02 Å². The monoisotopic (exact) mass is 326 g/mol. The molecule has 1 aromatic rings. The Morgan fingerprint density at radius 3 is 2.27 bits per heavy atom. The average molecular weight is 327 g/mol. The molecule has 0 aliphatic heterocycles. The van der Waals surface area contributed by atoms with Crippen LogP contribution in [0.1, 0.15) is 32.4 Å². The molecule has 1 unspecified atom stereocenters. The molecule has 6 heteroatoms. The normalized spacial score (nSPS) is 13.5. The van der Waals surface area contributed by atoms with E-state index in [0.717, 1.165) is 10.5 Å². The van der Waals surface area contributed by atoms with E-state index in [4.69, 9.17) is 11.6 Å². The van der Waals surface area contributed by atoms with Crippen molar-refractivity contribution in [2.75, 3.05) is 20.1 Å². The average Bonchev–Trinajstić information content (AvgIpc) is 2.36. The van der Waals surface area contributed by atoms with Crippen molar-refractivity contribution in [1.82, 2.24) is 10.6 Å². The maximum atomic E-state index is 12.0. The Balaban J connectivity index is 2.43. The first-order valence-electron chi connectivity index (χ1n) is 7.43. The number of rotatable bonds is 7. The zero-order valence-electron chi connectivity index (χ0n) is 13.6. The van der Waals surface area contributed by atoms with Gasteiger partial charge in [-0.1, -0.05) is 23.7 Å². The number of amides is 2. The van der Waals surface area contributed by atoms with Crippen molar-refractivity contribution in [3.8, 4) is 0 Å². The van der Waals surface area contributed by atoms with Gasteiger partial charge in [0.25, 0.3) is 11.8 Å². The minimum Gasteiger partial charge on any atom is -0.349 e. The van der Waals surface area contributed by atoms with Crippen LogP contribution in [0.3, 0.4) is 0 Å². The highest BCUT2D eigenvalue weighted by Crippen LogP contribution is 2.16. The molecule has 1 aromatic carbocycles. The molecule has 3 N–H and O–H groups in total. The van der Waals surface area contributed by atoms with E-state index < -0.39 is 0 Å². The van der Waals surface area contributed by atoms with Crippen molar-refractivity contribution in [3.05, 3.63) is 34.9 Å². The van der Waals surface area contributed by atoms with E-state index in [-0.39, 0.29) is 37.0 Å². The summed E-state index contributed by atoms with van der Waals surface area (Å²) in [5.74, 6) is -0.148. The van der Waals surface area contributed by atoms with Gasteiger partial charge in [-0.15, -0.1) is 0 Å². The van der Waals surface area contributed by atoms with Crippen LogP contribution in [0, 0.1) is 0 Å². The summed E-state index contributed by atoms with van der Waals surface area (Å²) in [6.45, 7) is 6.25. The number of quaternary nitrogens is 1. The number of hydrogen-bond donors (Lipinski definition) is 3. The van der Waals surface area contributed by atoms with Gasteiger partial charge in [0.1, 0.15) is 0 Å². The van der Waals surface area contributed by atoms with Crippen molar-refractivity contribution in [2.45, 2.75) is 32.9 Å². The number of likely N-dealkylation sites (N-methyl/N-ethyl adjacent to an activating group) is 1. The Morgan fingerprint density at radius 1 is 1.14 bits per heavy atom. The first-order valence-corrected chi connectivity index (χ1v) is 7.81. The minimum absolute atomic E-state index is 0.0526. The second kappa shape index (κ2) is 8.76. The smallest absolute Gasteiger partial charge is 0.275 e. The molecular formula is C16H25ClN3O2+.